The molecule has 0 bridgehead atoms. The zero-order valence-electron chi connectivity index (χ0n) is 15.5. The minimum absolute atomic E-state index is 0.676. The van der Waals surface area contributed by atoms with Crippen molar-refractivity contribution in [1.29, 1.82) is 0 Å². The van der Waals surface area contributed by atoms with Crippen molar-refractivity contribution in [2.75, 3.05) is 18.4 Å². The molecule has 3 aromatic rings. The molecule has 0 spiro atoms. The van der Waals surface area contributed by atoms with Gasteiger partial charge in [0, 0.05) is 34.3 Å². The Morgan fingerprint density at radius 3 is 2.96 bits per heavy atom. The quantitative estimate of drug-likeness (QED) is 0.540. The Kier molecular flexibility index (Phi) is 4.66. The van der Waals surface area contributed by atoms with Crippen LogP contribution < -0.4 is 5.32 Å². The molecule has 1 aromatic carbocycles. The summed E-state index contributed by atoms with van der Waals surface area (Å²) in [5.74, 6) is 0. The first-order chi connectivity index (χ1) is 13.7. The predicted molar refractivity (Wildman–Crippen MR) is 114 cm³/mol. The van der Waals surface area contributed by atoms with E-state index in [4.69, 9.17) is 0 Å². The van der Waals surface area contributed by atoms with E-state index in [1.807, 2.05) is 29.2 Å². The summed E-state index contributed by atoms with van der Waals surface area (Å²) >= 11 is 3.46. The third-order valence-corrected chi connectivity index (χ3v) is 6.14. The van der Waals surface area contributed by atoms with E-state index in [0.29, 0.717) is 6.54 Å². The number of aryl methyl sites for hydroxylation is 2. The highest BCUT2D eigenvalue weighted by atomic mass is 79.9. The minimum Gasteiger partial charge on any atom is -0.361 e. The van der Waals surface area contributed by atoms with Gasteiger partial charge in [-0.05, 0) is 55.0 Å². The Hall–Kier alpha value is -2.22. The first-order valence-electron chi connectivity index (χ1n) is 9.67. The second kappa shape index (κ2) is 7.31. The third-order valence-electron chi connectivity index (χ3n) is 5.65. The molecule has 0 saturated carbocycles. The number of hydrogen-bond donors (Lipinski definition) is 3. The van der Waals surface area contributed by atoms with Crippen molar-refractivity contribution in [2.24, 2.45) is 0 Å². The van der Waals surface area contributed by atoms with Gasteiger partial charge in [0.1, 0.15) is 12.0 Å². The summed E-state index contributed by atoms with van der Waals surface area (Å²) < 4.78 is 0.984. The number of benzene rings is 1. The lowest BCUT2D eigenvalue weighted by molar-refractivity contribution is 0.0342. The van der Waals surface area contributed by atoms with Gasteiger partial charge in [0.15, 0.2) is 6.35 Å². The maximum absolute atomic E-state index is 10.6. The molecular weight excluding hydrogens is 418 g/mol. The van der Waals surface area contributed by atoms with Crippen LogP contribution in [0.1, 0.15) is 29.8 Å². The van der Waals surface area contributed by atoms with E-state index in [1.165, 1.54) is 28.6 Å². The molecule has 28 heavy (non-hydrogen) atoms. The number of aliphatic hydroxyl groups is 1. The number of rotatable bonds is 4. The van der Waals surface area contributed by atoms with E-state index in [-0.39, 0.29) is 0 Å². The molecule has 3 N–H and O–H groups in total. The van der Waals surface area contributed by atoms with Crippen LogP contribution in [-0.2, 0) is 12.8 Å². The van der Waals surface area contributed by atoms with Crippen molar-refractivity contribution in [3.63, 3.8) is 0 Å². The van der Waals surface area contributed by atoms with Gasteiger partial charge in [-0.3, -0.25) is 4.90 Å². The van der Waals surface area contributed by atoms with Crippen LogP contribution in [0, 0.1) is 0 Å². The molecule has 6 nitrogen and oxygen atoms in total. The molecule has 0 radical (unpaired) electrons. The number of aromatic nitrogens is 3. The smallest absolute Gasteiger partial charge is 0.184 e. The van der Waals surface area contributed by atoms with Gasteiger partial charge < -0.3 is 15.4 Å². The first kappa shape index (κ1) is 17.8. The SMILES string of the molecule is OC(Nc1cccc(Br)c1)N1CC=C(c2ncnc3[nH]c4c(c23)CCC4)CC1. The number of nitrogens with zero attached hydrogens (tertiary/aromatic N) is 3. The van der Waals surface area contributed by atoms with Gasteiger partial charge >= 0.3 is 0 Å². The van der Waals surface area contributed by atoms with Gasteiger partial charge in [0.25, 0.3) is 0 Å². The van der Waals surface area contributed by atoms with Crippen LogP contribution in [0.5, 0.6) is 0 Å². The summed E-state index contributed by atoms with van der Waals surface area (Å²) in [5, 5.41) is 14.9. The molecule has 1 aliphatic carbocycles. The normalized spacial score (nSPS) is 18.1. The lowest BCUT2D eigenvalue weighted by atomic mass is 10.00. The largest absolute Gasteiger partial charge is 0.361 e. The van der Waals surface area contributed by atoms with E-state index in [2.05, 4.69) is 42.3 Å². The van der Waals surface area contributed by atoms with Crippen LogP contribution in [0.15, 0.2) is 41.1 Å². The van der Waals surface area contributed by atoms with E-state index in [0.717, 1.165) is 47.3 Å². The molecule has 144 valence electrons. The second-order valence-electron chi connectivity index (χ2n) is 7.38. The molecule has 7 heteroatoms. The molecule has 0 amide bonds. The predicted octanol–water partition coefficient (Wildman–Crippen LogP) is 3.69. The van der Waals surface area contributed by atoms with Crippen molar-refractivity contribution < 1.29 is 5.11 Å². The Balaban J connectivity index is 1.36. The fourth-order valence-corrected chi connectivity index (χ4v) is 4.65. The molecule has 3 heterocycles. The van der Waals surface area contributed by atoms with Crippen molar-refractivity contribution in [1.82, 2.24) is 19.9 Å². The topological polar surface area (TPSA) is 77.1 Å². The maximum Gasteiger partial charge on any atom is 0.184 e. The number of hydrogen-bond acceptors (Lipinski definition) is 5. The Morgan fingerprint density at radius 2 is 2.14 bits per heavy atom. The number of nitrogens with one attached hydrogen (secondary N) is 2. The fourth-order valence-electron chi connectivity index (χ4n) is 4.25. The van der Waals surface area contributed by atoms with Crippen molar-refractivity contribution in [3.05, 3.63) is 58.1 Å². The maximum atomic E-state index is 10.6. The van der Waals surface area contributed by atoms with Crippen LogP contribution in [0.3, 0.4) is 0 Å². The summed E-state index contributed by atoms with van der Waals surface area (Å²) in [5.41, 5.74) is 6.85. The van der Waals surface area contributed by atoms with Crippen molar-refractivity contribution in [2.45, 2.75) is 32.0 Å². The zero-order valence-corrected chi connectivity index (χ0v) is 17.0. The van der Waals surface area contributed by atoms with Gasteiger partial charge in [0.2, 0.25) is 0 Å². The molecule has 2 aromatic heterocycles. The second-order valence-corrected chi connectivity index (χ2v) is 8.30. The number of fused-ring (bicyclic) bond motifs is 3. The standard InChI is InChI=1S/C21H22BrN5O/c22-14-3-1-4-15(11-14)25-21(28)27-9-7-13(8-10-27)19-18-16-5-2-6-17(16)26-20(18)24-12-23-19/h1,3-4,7,11-12,21,25,28H,2,5-6,8-10H2,(H,23,24,26). The van der Waals surface area contributed by atoms with Gasteiger partial charge in [0.05, 0.1) is 5.69 Å². The number of anilines is 1. The van der Waals surface area contributed by atoms with Crippen molar-refractivity contribution in [3.8, 4) is 0 Å². The van der Waals surface area contributed by atoms with Crippen LogP contribution in [0.4, 0.5) is 5.69 Å². The fraction of sp³-hybridized carbons (Fsp3) is 0.333. The molecule has 1 atom stereocenters. The lowest BCUT2D eigenvalue weighted by Gasteiger charge is -2.31. The Morgan fingerprint density at radius 1 is 1.21 bits per heavy atom. The third kappa shape index (κ3) is 3.23. The summed E-state index contributed by atoms with van der Waals surface area (Å²) in [6.07, 6.45) is 7.37. The van der Waals surface area contributed by atoms with E-state index in [1.54, 1.807) is 6.33 Å². The monoisotopic (exact) mass is 439 g/mol. The van der Waals surface area contributed by atoms with Crippen LogP contribution in [-0.4, -0.2) is 44.4 Å². The molecule has 0 saturated heterocycles. The van der Waals surface area contributed by atoms with E-state index in [9.17, 15) is 5.11 Å². The van der Waals surface area contributed by atoms with E-state index >= 15 is 0 Å². The van der Waals surface area contributed by atoms with Gasteiger partial charge in [-0.2, -0.15) is 0 Å². The summed E-state index contributed by atoms with van der Waals surface area (Å²) in [6.45, 7) is 1.45. The summed E-state index contributed by atoms with van der Waals surface area (Å²) in [7, 11) is 0. The minimum atomic E-state index is -0.728. The Labute approximate surface area is 171 Å². The summed E-state index contributed by atoms with van der Waals surface area (Å²) in [6, 6.07) is 7.82. The van der Waals surface area contributed by atoms with Crippen molar-refractivity contribution >= 4 is 38.2 Å². The molecule has 1 unspecified atom stereocenters. The lowest BCUT2D eigenvalue weighted by Crippen LogP contribution is -2.43. The summed E-state index contributed by atoms with van der Waals surface area (Å²) in [4.78, 5) is 14.6. The molecule has 5 rings (SSSR count). The van der Waals surface area contributed by atoms with Crippen LogP contribution in [0.2, 0.25) is 0 Å². The number of H-pyrrole nitrogens is 1. The first-order valence-corrected chi connectivity index (χ1v) is 10.5. The molecule has 0 fully saturated rings. The molecular formula is C21H22BrN5O. The number of halogens is 1. The van der Waals surface area contributed by atoms with Crippen LogP contribution >= 0.6 is 15.9 Å². The number of aliphatic hydroxyl groups excluding tert-OH is 1. The van der Waals surface area contributed by atoms with Crippen LogP contribution in [0.25, 0.3) is 16.6 Å². The molecule has 1 aliphatic heterocycles. The average molecular weight is 440 g/mol. The van der Waals surface area contributed by atoms with Gasteiger partial charge in [-0.1, -0.05) is 28.1 Å². The van der Waals surface area contributed by atoms with E-state index < -0.39 is 6.35 Å². The molecule has 2 aliphatic rings. The highest BCUT2D eigenvalue weighted by molar-refractivity contribution is 9.10. The zero-order chi connectivity index (χ0) is 19.1. The highest BCUT2D eigenvalue weighted by Crippen LogP contribution is 2.34. The van der Waals surface area contributed by atoms with Gasteiger partial charge in [-0.25, -0.2) is 9.97 Å². The average Bonchev–Trinajstić information content (AvgIpc) is 3.29. The van der Waals surface area contributed by atoms with Gasteiger partial charge in [-0.15, -0.1) is 0 Å². The number of aromatic amines is 1. The highest BCUT2D eigenvalue weighted by Gasteiger charge is 2.25. The Bertz CT molecular complexity index is 1060.